The van der Waals surface area contributed by atoms with Gasteiger partial charge in [0.1, 0.15) is 0 Å². The summed E-state index contributed by atoms with van der Waals surface area (Å²) in [6.07, 6.45) is 2.44. The summed E-state index contributed by atoms with van der Waals surface area (Å²) < 4.78 is 7.30. The molecule has 0 spiro atoms. The van der Waals surface area contributed by atoms with Gasteiger partial charge < -0.3 is 4.52 Å². The molecule has 1 aliphatic rings. The summed E-state index contributed by atoms with van der Waals surface area (Å²) in [5.41, 5.74) is 1.65. The lowest BCUT2D eigenvalue weighted by Crippen LogP contribution is -2.21. The Kier molecular flexibility index (Phi) is 6.43. The number of hydrogen-bond donors (Lipinski definition) is 1. The molecule has 0 bridgehead atoms. The van der Waals surface area contributed by atoms with Crippen LogP contribution in [0.25, 0.3) is 5.69 Å². The summed E-state index contributed by atoms with van der Waals surface area (Å²) >= 11 is 1.36. The molecule has 1 saturated heterocycles. The molecule has 0 atom stereocenters. The Labute approximate surface area is 186 Å². The molecule has 0 radical (unpaired) electrons. The highest BCUT2D eigenvalue weighted by Crippen LogP contribution is 2.25. The van der Waals surface area contributed by atoms with Crippen LogP contribution in [0.15, 0.2) is 46.1 Å². The second kappa shape index (κ2) is 9.23. The van der Waals surface area contributed by atoms with Crippen LogP contribution in [0, 0.1) is 0 Å². The number of rotatable bonds is 7. The van der Waals surface area contributed by atoms with Crippen LogP contribution >= 0.6 is 11.8 Å². The van der Waals surface area contributed by atoms with Crippen LogP contribution in [0.2, 0.25) is 0 Å². The molecule has 31 heavy (non-hydrogen) atoms. The van der Waals surface area contributed by atoms with Gasteiger partial charge in [-0.05, 0) is 38.1 Å². The van der Waals surface area contributed by atoms with E-state index in [0.29, 0.717) is 11.0 Å². The topological polar surface area (TPSA) is 89.1 Å². The number of amides is 1. The van der Waals surface area contributed by atoms with Crippen molar-refractivity contribution >= 4 is 23.6 Å². The molecule has 1 aliphatic heterocycles. The molecule has 1 aromatic carbocycles. The molecule has 1 amide bonds. The van der Waals surface area contributed by atoms with E-state index in [0.717, 1.165) is 36.8 Å². The van der Waals surface area contributed by atoms with Crippen LogP contribution < -0.4 is 5.32 Å². The SMILES string of the molecule is CC(C)(C)c1cc(NC(=O)CSc2nnc(CN3CCCC3)n2-c2ccccc2)on1. The normalized spacial score (nSPS) is 14.8. The van der Waals surface area contributed by atoms with E-state index in [1.165, 1.54) is 24.6 Å². The van der Waals surface area contributed by atoms with Gasteiger partial charge in [-0.2, -0.15) is 0 Å². The van der Waals surface area contributed by atoms with Gasteiger partial charge >= 0.3 is 0 Å². The van der Waals surface area contributed by atoms with E-state index < -0.39 is 0 Å². The first-order chi connectivity index (χ1) is 14.9. The van der Waals surface area contributed by atoms with Crippen LogP contribution in [-0.2, 0) is 16.8 Å². The number of benzene rings is 1. The molecule has 164 valence electrons. The number of aromatic nitrogens is 4. The molecule has 0 unspecified atom stereocenters. The Morgan fingerprint density at radius 2 is 1.90 bits per heavy atom. The fourth-order valence-electron chi connectivity index (χ4n) is 3.46. The van der Waals surface area contributed by atoms with Gasteiger partial charge in [-0.1, -0.05) is 55.9 Å². The van der Waals surface area contributed by atoms with Crippen molar-refractivity contribution in [1.29, 1.82) is 0 Å². The van der Waals surface area contributed by atoms with Gasteiger partial charge in [0.05, 0.1) is 18.0 Å². The second-order valence-corrected chi connectivity index (χ2v) is 9.66. The first-order valence-corrected chi connectivity index (χ1v) is 11.5. The van der Waals surface area contributed by atoms with Crippen LogP contribution in [0.5, 0.6) is 0 Å². The van der Waals surface area contributed by atoms with Gasteiger partial charge in [-0.15, -0.1) is 10.2 Å². The Balaban J connectivity index is 1.45. The van der Waals surface area contributed by atoms with Crippen molar-refractivity contribution in [2.45, 2.75) is 50.7 Å². The standard InChI is InChI=1S/C22H28N6O2S/c1-22(2,3)17-13-20(30-26-17)23-19(29)15-31-21-25-24-18(14-27-11-7-8-12-27)28(21)16-9-5-4-6-10-16/h4-6,9-10,13H,7-8,11-12,14-15H2,1-3H3,(H,23,29). The van der Waals surface area contributed by atoms with Gasteiger partial charge in [-0.25, -0.2) is 0 Å². The van der Waals surface area contributed by atoms with Gasteiger partial charge in [0.25, 0.3) is 0 Å². The number of carbonyl (C=O) groups is 1. The van der Waals surface area contributed by atoms with Crippen molar-refractivity contribution in [1.82, 2.24) is 24.8 Å². The van der Waals surface area contributed by atoms with Gasteiger partial charge in [0.2, 0.25) is 11.8 Å². The van der Waals surface area contributed by atoms with Crippen molar-refractivity contribution in [3.63, 3.8) is 0 Å². The fourth-order valence-corrected chi connectivity index (χ4v) is 4.24. The molecule has 2 aromatic heterocycles. The average Bonchev–Trinajstić information content (AvgIpc) is 3.48. The maximum atomic E-state index is 12.5. The minimum atomic E-state index is -0.176. The number of likely N-dealkylation sites (tertiary alicyclic amines) is 1. The maximum absolute atomic E-state index is 12.5. The predicted molar refractivity (Wildman–Crippen MR) is 120 cm³/mol. The zero-order chi connectivity index (χ0) is 21.8. The van der Waals surface area contributed by atoms with E-state index >= 15 is 0 Å². The van der Waals surface area contributed by atoms with Crippen molar-refractivity contribution < 1.29 is 9.32 Å². The number of nitrogens with zero attached hydrogens (tertiary/aromatic N) is 5. The van der Waals surface area contributed by atoms with E-state index in [1.54, 1.807) is 6.07 Å². The van der Waals surface area contributed by atoms with Crippen LogP contribution in [0.4, 0.5) is 5.88 Å². The number of thioether (sulfide) groups is 1. The van der Waals surface area contributed by atoms with E-state index in [1.807, 2.05) is 55.7 Å². The first kappa shape index (κ1) is 21.6. The highest BCUT2D eigenvalue weighted by atomic mass is 32.2. The van der Waals surface area contributed by atoms with Crippen LogP contribution in [0.3, 0.4) is 0 Å². The number of nitrogens with one attached hydrogen (secondary N) is 1. The monoisotopic (exact) mass is 440 g/mol. The van der Waals surface area contributed by atoms with Crippen molar-refractivity contribution in [2.75, 3.05) is 24.2 Å². The quantitative estimate of drug-likeness (QED) is 0.558. The van der Waals surface area contributed by atoms with E-state index in [-0.39, 0.29) is 17.1 Å². The molecule has 1 fully saturated rings. The minimum Gasteiger partial charge on any atom is -0.338 e. The Morgan fingerprint density at radius 3 is 2.58 bits per heavy atom. The van der Waals surface area contributed by atoms with Crippen molar-refractivity contribution in [3.8, 4) is 5.69 Å². The lowest BCUT2D eigenvalue weighted by Gasteiger charge is -2.15. The highest BCUT2D eigenvalue weighted by molar-refractivity contribution is 7.99. The van der Waals surface area contributed by atoms with E-state index in [9.17, 15) is 4.79 Å². The minimum absolute atomic E-state index is 0.140. The predicted octanol–water partition coefficient (Wildman–Crippen LogP) is 3.88. The third-order valence-corrected chi connectivity index (χ3v) is 6.08. The molecule has 0 saturated carbocycles. The third kappa shape index (κ3) is 5.34. The summed E-state index contributed by atoms with van der Waals surface area (Å²) in [5.74, 6) is 1.27. The first-order valence-electron chi connectivity index (χ1n) is 10.5. The smallest absolute Gasteiger partial charge is 0.237 e. The zero-order valence-electron chi connectivity index (χ0n) is 18.2. The van der Waals surface area contributed by atoms with Gasteiger partial charge in [0, 0.05) is 17.2 Å². The Hall–Kier alpha value is -2.65. The summed E-state index contributed by atoms with van der Waals surface area (Å²) in [4.78, 5) is 14.9. The second-order valence-electron chi connectivity index (χ2n) is 8.72. The lowest BCUT2D eigenvalue weighted by molar-refractivity contribution is -0.113. The summed E-state index contributed by atoms with van der Waals surface area (Å²) in [6.45, 7) is 9.05. The molecule has 0 aliphatic carbocycles. The number of hydrogen-bond acceptors (Lipinski definition) is 7. The lowest BCUT2D eigenvalue weighted by atomic mass is 9.92. The summed E-state index contributed by atoms with van der Waals surface area (Å²) in [5, 5.41) is 16.3. The van der Waals surface area contributed by atoms with Crippen LogP contribution in [-0.4, -0.2) is 49.6 Å². The van der Waals surface area contributed by atoms with Gasteiger partial charge in [-0.3, -0.25) is 19.6 Å². The molecule has 3 heterocycles. The van der Waals surface area contributed by atoms with Crippen molar-refractivity contribution in [2.24, 2.45) is 0 Å². The maximum Gasteiger partial charge on any atom is 0.237 e. The number of para-hydroxylation sites is 1. The fraction of sp³-hybridized carbons (Fsp3) is 0.455. The number of anilines is 1. The molecule has 1 N–H and O–H groups in total. The van der Waals surface area contributed by atoms with E-state index in [2.05, 4.69) is 25.6 Å². The molecular formula is C22H28N6O2S. The Morgan fingerprint density at radius 1 is 1.16 bits per heavy atom. The molecule has 3 aromatic rings. The summed E-state index contributed by atoms with van der Waals surface area (Å²) in [6, 6.07) is 11.8. The third-order valence-electron chi connectivity index (χ3n) is 5.15. The highest BCUT2D eigenvalue weighted by Gasteiger charge is 2.22. The van der Waals surface area contributed by atoms with Crippen molar-refractivity contribution in [3.05, 3.63) is 47.9 Å². The number of carbonyl (C=O) groups excluding carboxylic acids is 1. The van der Waals surface area contributed by atoms with Crippen LogP contribution in [0.1, 0.15) is 45.1 Å². The Bertz CT molecular complexity index is 1020. The zero-order valence-corrected chi connectivity index (χ0v) is 19.0. The van der Waals surface area contributed by atoms with E-state index in [4.69, 9.17) is 4.52 Å². The summed E-state index contributed by atoms with van der Waals surface area (Å²) in [7, 11) is 0. The molecule has 4 rings (SSSR count). The molecule has 9 heteroatoms. The molecule has 8 nitrogen and oxygen atoms in total. The average molecular weight is 441 g/mol. The largest absolute Gasteiger partial charge is 0.338 e. The van der Waals surface area contributed by atoms with Gasteiger partial charge in [0.15, 0.2) is 11.0 Å². The molecular weight excluding hydrogens is 412 g/mol.